The summed E-state index contributed by atoms with van der Waals surface area (Å²) in [5, 5.41) is 9.72. The van der Waals surface area contributed by atoms with Gasteiger partial charge in [0.2, 0.25) is 0 Å². The van der Waals surface area contributed by atoms with Gasteiger partial charge >= 0.3 is 0 Å². The Morgan fingerprint density at radius 2 is 1.89 bits per heavy atom. The minimum Gasteiger partial charge on any atom is -0.508 e. The quantitative estimate of drug-likeness (QED) is 0.921. The molecule has 0 atom stereocenters. The molecule has 0 bridgehead atoms. The topological polar surface area (TPSA) is 23.5 Å². The molecule has 2 nitrogen and oxygen atoms in total. The average molecular weight is 280 g/mol. The van der Waals surface area contributed by atoms with Crippen molar-refractivity contribution in [1.29, 1.82) is 0 Å². The summed E-state index contributed by atoms with van der Waals surface area (Å²) in [4.78, 5) is 1.91. The Kier molecular flexibility index (Phi) is 4.08. The van der Waals surface area contributed by atoms with E-state index >= 15 is 0 Å². The van der Waals surface area contributed by atoms with Gasteiger partial charge in [-0.25, -0.2) is 4.39 Å². The maximum atomic E-state index is 14.0. The van der Waals surface area contributed by atoms with Crippen molar-refractivity contribution in [3.05, 3.63) is 52.8 Å². The fraction of sp³-hybridized carbons (Fsp3) is 0.200. The minimum absolute atomic E-state index is 0.0958. The Morgan fingerprint density at radius 1 is 1.16 bits per heavy atom. The standard InChI is InChI=1S/C15H15ClFNO/c1-18(2)9-11-4-3-10(7-15(11)17)13-6-5-12(19)8-14(13)16/h3-8,19H,9H2,1-2H3. The van der Waals surface area contributed by atoms with E-state index in [0.29, 0.717) is 28.3 Å². The van der Waals surface area contributed by atoms with Crippen molar-refractivity contribution in [3.8, 4) is 16.9 Å². The fourth-order valence-corrected chi connectivity index (χ4v) is 2.21. The molecule has 0 aliphatic rings. The maximum absolute atomic E-state index is 14.0. The molecular weight excluding hydrogens is 265 g/mol. The van der Waals surface area contributed by atoms with E-state index in [1.54, 1.807) is 12.1 Å². The van der Waals surface area contributed by atoms with Crippen LogP contribution >= 0.6 is 11.6 Å². The molecule has 0 spiro atoms. The highest BCUT2D eigenvalue weighted by Crippen LogP contribution is 2.31. The number of phenolic OH excluding ortho intramolecular Hbond substituents is 1. The van der Waals surface area contributed by atoms with Crippen LogP contribution in [0.25, 0.3) is 11.1 Å². The molecule has 0 radical (unpaired) electrons. The SMILES string of the molecule is CN(C)Cc1ccc(-c2ccc(O)cc2Cl)cc1F. The Labute approximate surface area is 117 Å². The molecular formula is C15H15ClFNO. The van der Waals surface area contributed by atoms with Gasteiger partial charge in [-0.2, -0.15) is 0 Å². The third-order valence-electron chi connectivity index (χ3n) is 2.80. The first-order valence-corrected chi connectivity index (χ1v) is 6.27. The van der Waals surface area contributed by atoms with Crippen LogP contribution in [0.5, 0.6) is 5.75 Å². The van der Waals surface area contributed by atoms with E-state index in [1.807, 2.05) is 25.1 Å². The van der Waals surface area contributed by atoms with E-state index in [0.717, 1.165) is 0 Å². The number of rotatable bonds is 3. The second-order valence-electron chi connectivity index (χ2n) is 4.71. The van der Waals surface area contributed by atoms with Gasteiger partial charge in [-0.3, -0.25) is 0 Å². The third kappa shape index (κ3) is 3.25. The molecule has 0 fully saturated rings. The van der Waals surface area contributed by atoms with E-state index < -0.39 is 0 Å². The molecule has 0 aromatic heterocycles. The molecule has 0 amide bonds. The highest BCUT2D eigenvalue weighted by Gasteiger charge is 2.09. The van der Waals surface area contributed by atoms with Crippen LogP contribution in [0, 0.1) is 5.82 Å². The Morgan fingerprint density at radius 3 is 2.47 bits per heavy atom. The molecule has 100 valence electrons. The lowest BCUT2D eigenvalue weighted by molar-refractivity contribution is 0.392. The summed E-state index contributed by atoms with van der Waals surface area (Å²) < 4.78 is 14.0. The van der Waals surface area contributed by atoms with Crippen LogP contribution in [0.2, 0.25) is 5.02 Å². The van der Waals surface area contributed by atoms with Crippen LogP contribution in [0.15, 0.2) is 36.4 Å². The second kappa shape index (κ2) is 5.59. The highest BCUT2D eigenvalue weighted by molar-refractivity contribution is 6.33. The molecule has 1 N–H and O–H groups in total. The monoisotopic (exact) mass is 279 g/mol. The van der Waals surface area contributed by atoms with E-state index in [-0.39, 0.29) is 11.6 Å². The molecule has 0 unspecified atom stereocenters. The normalized spacial score (nSPS) is 11.0. The minimum atomic E-state index is -0.254. The Balaban J connectivity index is 2.39. The Hall–Kier alpha value is -1.58. The molecule has 2 rings (SSSR count). The van der Waals surface area contributed by atoms with Gasteiger partial charge in [-0.15, -0.1) is 0 Å². The fourth-order valence-electron chi connectivity index (χ4n) is 1.92. The largest absolute Gasteiger partial charge is 0.508 e. The number of phenols is 1. The third-order valence-corrected chi connectivity index (χ3v) is 3.12. The first kappa shape index (κ1) is 13.8. The van der Waals surface area contributed by atoms with Crippen molar-refractivity contribution in [2.75, 3.05) is 14.1 Å². The summed E-state index contributed by atoms with van der Waals surface area (Å²) in [6.07, 6.45) is 0. The van der Waals surface area contributed by atoms with Crippen LogP contribution in [-0.2, 0) is 6.54 Å². The molecule has 2 aromatic carbocycles. The number of benzene rings is 2. The smallest absolute Gasteiger partial charge is 0.128 e. The van der Waals surface area contributed by atoms with Gasteiger partial charge in [0.1, 0.15) is 11.6 Å². The summed E-state index contributed by atoms with van der Waals surface area (Å²) >= 11 is 6.05. The molecule has 19 heavy (non-hydrogen) atoms. The van der Waals surface area contributed by atoms with E-state index in [2.05, 4.69) is 0 Å². The summed E-state index contributed by atoms with van der Waals surface area (Å²) in [7, 11) is 3.79. The zero-order chi connectivity index (χ0) is 14.0. The van der Waals surface area contributed by atoms with Gasteiger partial charge in [-0.05, 0) is 43.9 Å². The summed E-state index contributed by atoms with van der Waals surface area (Å²) in [5.74, 6) is -0.159. The van der Waals surface area contributed by atoms with Crippen LogP contribution in [-0.4, -0.2) is 24.1 Å². The van der Waals surface area contributed by atoms with Crippen molar-refractivity contribution in [1.82, 2.24) is 4.90 Å². The zero-order valence-corrected chi connectivity index (χ0v) is 11.6. The first-order chi connectivity index (χ1) is 8.97. The lowest BCUT2D eigenvalue weighted by Gasteiger charge is -2.12. The number of hydrogen-bond acceptors (Lipinski definition) is 2. The zero-order valence-electron chi connectivity index (χ0n) is 10.8. The number of nitrogens with zero attached hydrogens (tertiary/aromatic N) is 1. The number of halogens is 2. The molecule has 0 heterocycles. The van der Waals surface area contributed by atoms with Crippen molar-refractivity contribution in [2.24, 2.45) is 0 Å². The van der Waals surface area contributed by atoms with Crippen LogP contribution in [0.1, 0.15) is 5.56 Å². The van der Waals surface area contributed by atoms with Crippen molar-refractivity contribution in [2.45, 2.75) is 6.54 Å². The van der Waals surface area contributed by atoms with Gasteiger partial charge in [-0.1, -0.05) is 23.7 Å². The summed E-state index contributed by atoms with van der Waals surface area (Å²) in [6.45, 7) is 0.551. The molecule has 4 heteroatoms. The van der Waals surface area contributed by atoms with Crippen molar-refractivity contribution in [3.63, 3.8) is 0 Å². The number of hydrogen-bond donors (Lipinski definition) is 1. The van der Waals surface area contributed by atoms with Gasteiger partial charge in [0.15, 0.2) is 0 Å². The first-order valence-electron chi connectivity index (χ1n) is 5.89. The van der Waals surface area contributed by atoms with Crippen LogP contribution < -0.4 is 0 Å². The summed E-state index contributed by atoms with van der Waals surface area (Å²) in [5.41, 5.74) is 2.04. The summed E-state index contributed by atoms with van der Waals surface area (Å²) in [6, 6.07) is 9.72. The maximum Gasteiger partial charge on any atom is 0.128 e. The van der Waals surface area contributed by atoms with Gasteiger partial charge in [0.25, 0.3) is 0 Å². The van der Waals surface area contributed by atoms with Crippen molar-refractivity contribution >= 4 is 11.6 Å². The number of aromatic hydroxyl groups is 1. The lowest BCUT2D eigenvalue weighted by Crippen LogP contribution is -2.11. The predicted octanol–water partition coefficient (Wildman–Crippen LogP) is 3.91. The Bertz CT molecular complexity index is 599. The van der Waals surface area contributed by atoms with Crippen molar-refractivity contribution < 1.29 is 9.50 Å². The molecule has 0 saturated heterocycles. The van der Waals surface area contributed by atoms with E-state index in [9.17, 15) is 9.50 Å². The van der Waals surface area contributed by atoms with Gasteiger partial charge in [0, 0.05) is 17.7 Å². The van der Waals surface area contributed by atoms with E-state index in [1.165, 1.54) is 18.2 Å². The molecule has 2 aromatic rings. The molecule has 0 aliphatic carbocycles. The average Bonchev–Trinajstić information content (AvgIpc) is 2.31. The predicted molar refractivity (Wildman–Crippen MR) is 75.9 cm³/mol. The van der Waals surface area contributed by atoms with Gasteiger partial charge < -0.3 is 10.0 Å². The van der Waals surface area contributed by atoms with Gasteiger partial charge in [0.05, 0.1) is 5.02 Å². The highest BCUT2D eigenvalue weighted by atomic mass is 35.5. The molecule has 0 aliphatic heterocycles. The van der Waals surface area contributed by atoms with E-state index in [4.69, 9.17) is 11.6 Å². The van der Waals surface area contributed by atoms with Crippen LogP contribution in [0.3, 0.4) is 0 Å². The van der Waals surface area contributed by atoms with Crippen LogP contribution in [0.4, 0.5) is 4.39 Å². The molecule has 0 saturated carbocycles. The second-order valence-corrected chi connectivity index (χ2v) is 5.12. The lowest BCUT2D eigenvalue weighted by atomic mass is 10.0.